The molecule has 92 valence electrons. The Balaban J connectivity index is 1.97. The van der Waals surface area contributed by atoms with Gasteiger partial charge in [0.25, 0.3) is 0 Å². The van der Waals surface area contributed by atoms with Crippen molar-refractivity contribution >= 4 is 26.5 Å². The van der Waals surface area contributed by atoms with Crippen molar-refractivity contribution in [3.63, 3.8) is 0 Å². The average molecular weight is 264 g/mol. The summed E-state index contributed by atoms with van der Waals surface area (Å²) in [5.74, 6) is 0. The fraction of sp³-hybridized carbons (Fsp3) is 0.0625. The van der Waals surface area contributed by atoms with Crippen molar-refractivity contribution in [1.82, 2.24) is 9.38 Å². The van der Waals surface area contributed by atoms with Gasteiger partial charge in [-0.15, -0.1) is 0 Å². The van der Waals surface area contributed by atoms with Gasteiger partial charge in [-0.2, -0.15) is 0 Å². The number of para-hydroxylation sites is 1. The Labute approximate surface area is 115 Å². The molecule has 0 spiro atoms. The second-order valence-corrected chi connectivity index (χ2v) is 5.73. The van der Waals surface area contributed by atoms with Crippen molar-refractivity contribution in [3.8, 4) is 11.3 Å². The lowest BCUT2D eigenvalue weighted by Gasteiger charge is -1.97. The summed E-state index contributed by atoms with van der Waals surface area (Å²) >= 11 is 1.73. The van der Waals surface area contributed by atoms with Crippen LogP contribution in [0.15, 0.2) is 54.7 Å². The summed E-state index contributed by atoms with van der Waals surface area (Å²) in [5, 5.41) is 0. The molecule has 0 aliphatic rings. The number of rotatable bonds is 1. The highest BCUT2D eigenvalue weighted by Gasteiger charge is 2.09. The first-order valence-electron chi connectivity index (χ1n) is 6.25. The Morgan fingerprint density at radius 3 is 2.84 bits per heavy atom. The number of aryl methyl sites for hydroxylation is 1. The molecule has 4 rings (SSSR count). The van der Waals surface area contributed by atoms with Crippen LogP contribution in [0.25, 0.3) is 26.4 Å². The van der Waals surface area contributed by atoms with Gasteiger partial charge in [0.05, 0.1) is 15.9 Å². The number of hydrogen-bond acceptors (Lipinski definition) is 2. The predicted octanol–water partition coefficient (Wildman–Crippen LogP) is 4.52. The molecule has 2 nitrogen and oxygen atoms in total. The Morgan fingerprint density at radius 2 is 1.95 bits per heavy atom. The van der Waals surface area contributed by atoms with Crippen molar-refractivity contribution in [1.29, 1.82) is 0 Å². The fourth-order valence-corrected chi connectivity index (χ4v) is 3.40. The minimum atomic E-state index is 1.04. The molecule has 4 aromatic rings. The maximum Gasteiger partial charge on any atom is 0.195 e. The normalized spacial score (nSPS) is 11.4. The van der Waals surface area contributed by atoms with Gasteiger partial charge in [-0.05, 0) is 25.1 Å². The third-order valence-electron chi connectivity index (χ3n) is 3.31. The van der Waals surface area contributed by atoms with Crippen LogP contribution in [0, 0.1) is 6.92 Å². The molecule has 0 atom stereocenters. The van der Waals surface area contributed by atoms with E-state index in [-0.39, 0.29) is 0 Å². The zero-order chi connectivity index (χ0) is 12.8. The zero-order valence-electron chi connectivity index (χ0n) is 10.5. The zero-order valence-corrected chi connectivity index (χ0v) is 11.3. The average Bonchev–Trinajstić information content (AvgIpc) is 2.96. The molecule has 3 heteroatoms. The van der Waals surface area contributed by atoms with Crippen LogP contribution in [-0.2, 0) is 0 Å². The highest BCUT2D eigenvalue weighted by Crippen LogP contribution is 2.29. The van der Waals surface area contributed by atoms with E-state index in [4.69, 9.17) is 4.98 Å². The summed E-state index contributed by atoms with van der Waals surface area (Å²) in [6, 6.07) is 16.9. The van der Waals surface area contributed by atoms with Crippen LogP contribution in [0.2, 0.25) is 0 Å². The molecule has 2 heterocycles. The van der Waals surface area contributed by atoms with E-state index in [1.165, 1.54) is 21.3 Å². The van der Waals surface area contributed by atoms with Gasteiger partial charge >= 0.3 is 0 Å². The van der Waals surface area contributed by atoms with Crippen molar-refractivity contribution in [2.24, 2.45) is 0 Å². The maximum atomic E-state index is 4.74. The summed E-state index contributed by atoms with van der Waals surface area (Å²) in [6.45, 7) is 2.11. The monoisotopic (exact) mass is 264 g/mol. The van der Waals surface area contributed by atoms with Gasteiger partial charge in [-0.3, -0.25) is 4.40 Å². The molecule has 0 saturated heterocycles. The number of benzene rings is 2. The van der Waals surface area contributed by atoms with Crippen molar-refractivity contribution in [2.45, 2.75) is 6.92 Å². The Morgan fingerprint density at radius 1 is 1.05 bits per heavy atom. The van der Waals surface area contributed by atoms with Crippen molar-refractivity contribution in [2.75, 3.05) is 0 Å². The lowest BCUT2D eigenvalue weighted by molar-refractivity contribution is 1.30. The summed E-state index contributed by atoms with van der Waals surface area (Å²) in [6.07, 6.45) is 2.13. The Hall–Kier alpha value is -2.13. The van der Waals surface area contributed by atoms with Crippen LogP contribution in [-0.4, -0.2) is 9.38 Å². The van der Waals surface area contributed by atoms with Crippen LogP contribution >= 0.6 is 11.3 Å². The van der Waals surface area contributed by atoms with E-state index in [1.54, 1.807) is 11.3 Å². The number of imidazole rings is 1. The Kier molecular flexibility index (Phi) is 2.23. The Bertz CT molecular complexity index is 886. The topological polar surface area (TPSA) is 17.3 Å². The SMILES string of the molecule is Cc1cccc(-c2cn3c(n2)sc2ccccc23)c1. The highest BCUT2D eigenvalue weighted by atomic mass is 32.1. The molecule has 19 heavy (non-hydrogen) atoms. The highest BCUT2D eigenvalue weighted by molar-refractivity contribution is 7.23. The third-order valence-corrected chi connectivity index (χ3v) is 4.35. The van der Waals surface area contributed by atoms with Crippen LogP contribution in [0.1, 0.15) is 5.56 Å². The fourth-order valence-electron chi connectivity index (χ4n) is 2.39. The van der Waals surface area contributed by atoms with Crippen LogP contribution in [0.3, 0.4) is 0 Å². The second-order valence-electron chi connectivity index (χ2n) is 4.72. The first-order chi connectivity index (χ1) is 9.31. The van der Waals surface area contributed by atoms with E-state index in [9.17, 15) is 0 Å². The standard InChI is InChI=1S/C16H12N2S/c1-11-5-4-6-12(9-11)13-10-18-14-7-2-3-8-15(14)19-16(18)17-13/h2-10H,1H3. The number of thiazole rings is 1. The molecule has 0 aliphatic carbocycles. The number of aromatic nitrogens is 2. The lowest BCUT2D eigenvalue weighted by Crippen LogP contribution is -1.79. The van der Waals surface area contributed by atoms with Gasteiger partial charge in [-0.1, -0.05) is 47.2 Å². The number of fused-ring (bicyclic) bond motifs is 3. The number of nitrogens with zero attached hydrogens (tertiary/aromatic N) is 2. The van der Waals surface area contributed by atoms with E-state index in [0.717, 1.165) is 10.7 Å². The molecule has 2 aromatic heterocycles. The van der Waals surface area contributed by atoms with Gasteiger partial charge in [0, 0.05) is 11.8 Å². The molecule has 0 aliphatic heterocycles. The van der Waals surface area contributed by atoms with Gasteiger partial charge in [0.2, 0.25) is 0 Å². The minimum Gasteiger partial charge on any atom is -0.290 e. The van der Waals surface area contributed by atoms with Crippen LogP contribution in [0.4, 0.5) is 0 Å². The molecule has 2 aromatic carbocycles. The minimum absolute atomic E-state index is 1.04. The summed E-state index contributed by atoms with van der Waals surface area (Å²) in [7, 11) is 0. The van der Waals surface area contributed by atoms with E-state index in [1.807, 2.05) is 0 Å². The molecule has 0 bridgehead atoms. The third kappa shape index (κ3) is 1.66. The summed E-state index contributed by atoms with van der Waals surface area (Å²) in [4.78, 5) is 5.80. The molecule has 0 amide bonds. The van der Waals surface area contributed by atoms with E-state index in [0.29, 0.717) is 0 Å². The van der Waals surface area contributed by atoms with E-state index in [2.05, 4.69) is 66.1 Å². The van der Waals surface area contributed by atoms with Crippen LogP contribution in [0.5, 0.6) is 0 Å². The van der Waals surface area contributed by atoms with Gasteiger partial charge in [-0.25, -0.2) is 4.98 Å². The molecule has 0 radical (unpaired) electrons. The number of hydrogen-bond donors (Lipinski definition) is 0. The molecular weight excluding hydrogens is 252 g/mol. The quantitative estimate of drug-likeness (QED) is 0.494. The first-order valence-corrected chi connectivity index (χ1v) is 7.06. The van der Waals surface area contributed by atoms with E-state index >= 15 is 0 Å². The summed E-state index contributed by atoms with van der Waals surface area (Å²) < 4.78 is 3.46. The molecule has 0 unspecified atom stereocenters. The first kappa shape index (κ1) is 10.8. The van der Waals surface area contributed by atoms with E-state index < -0.39 is 0 Å². The van der Waals surface area contributed by atoms with Crippen molar-refractivity contribution < 1.29 is 0 Å². The maximum absolute atomic E-state index is 4.74. The van der Waals surface area contributed by atoms with Crippen LogP contribution < -0.4 is 0 Å². The van der Waals surface area contributed by atoms with Gasteiger partial charge in [0.1, 0.15) is 0 Å². The lowest BCUT2D eigenvalue weighted by atomic mass is 10.1. The largest absolute Gasteiger partial charge is 0.290 e. The predicted molar refractivity (Wildman–Crippen MR) is 80.7 cm³/mol. The second kappa shape index (κ2) is 3.93. The van der Waals surface area contributed by atoms with Gasteiger partial charge in [0.15, 0.2) is 4.96 Å². The smallest absolute Gasteiger partial charge is 0.195 e. The molecule has 0 N–H and O–H groups in total. The summed E-state index contributed by atoms with van der Waals surface area (Å²) in [5.41, 5.74) is 4.72. The van der Waals surface area contributed by atoms with Gasteiger partial charge < -0.3 is 0 Å². The molecule has 0 fully saturated rings. The van der Waals surface area contributed by atoms with Crippen molar-refractivity contribution in [3.05, 3.63) is 60.3 Å². The molecule has 0 saturated carbocycles. The molecular formula is C16H12N2S.